The van der Waals surface area contributed by atoms with Gasteiger partial charge in [-0.2, -0.15) is 5.10 Å². The summed E-state index contributed by atoms with van der Waals surface area (Å²) in [6, 6.07) is 2.57. The van der Waals surface area contributed by atoms with Crippen molar-refractivity contribution in [1.29, 1.82) is 0 Å². The molecule has 2 aromatic rings. The van der Waals surface area contributed by atoms with E-state index in [-0.39, 0.29) is 5.41 Å². The zero-order valence-electron chi connectivity index (χ0n) is 13.2. The predicted octanol–water partition coefficient (Wildman–Crippen LogP) is 2.34. The Morgan fingerprint density at radius 3 is 2.86 bits per heavy atom. The van der Waals surface area contributed by atoms with Crippen LogP contribution in [0.25, 0.3) is 5.52 Å². The lowest BCUT2D eigenvalue weighted by atomic mass is 9.92. The third kappa shape index (κ3) is 2.62. The summed E-state index contributed by atoms with van der Waals surface area (Å²) in [5.41, 5.74) is 8.18. The normalized spacial score (nSPS) is 20.2. The van der Waals surface area contributed by atoms with Crippen LogP contribution < -0.4 is 10.6 Å². The minimum absolute atomic E-state index is 0.0401. The Labute approximate surface area is 126 Å². The van der Waals surface area contributed by atoms with Crippen molar-refractivity contribution in [3.63, 3.8) is 0 Å². The minimum atomic E-state index is 0.0401. The van der Waals surface area contributed by atoms with Gasteiger partial charge in [-0.25, -0.2) is 9.50 Å². The van der Waals surface area contributed by atoms with Gasteiger partial charge in [0, 0.05) is 36.9 Å². The molecule has 3 rings (SSSR count). The molecule has 5 heteroatoms. The quantitative estimate of drug-likeness (QED) is 0.921. The lowest BCUT2D eigenvalue weighted by Crippen LogP contribution is -2.44. The molecule has 0 aromatic carbocycles. The number of hydrogen-bond donors (Lipinski definition) is 1. The molecule has 0 spiro atoms. The SMILES string of the molecule is CC(C)(C)c1cc2c(N3CCCCC3CN)nccn2n1. The maximum absolute atomic E-state index is 5.96. The van der Waals surface area contributed by atoms with Crippen LogP contribution in [0.4, 0.5) is 5.82 Å². The average molecular weight is 287 g/mol. The highest BCUT2D eigenvalue weighted by Gasteiger charge is 2.26. The Morgan fingerprint density at radius 2 is 2.14 bits per heavy atom. The minimum Gasteiger partial charge on any atom is -0.351 e. The summed E-state index contributed by atoms with van der Waals surface area (Å²) in [6.07, 6.45) is 7.38. The summed E-state index contributed by atoms with van der Waals surface area (Å²) in [5.74, 6) is 1.02. The molecule has 0 saturated carbocycles. The molecule has 1 atom stereocenters. The van der Waals surface area contributed by atoms with E-state index >= 15 is 0 Å². The number of nitrogens with zero attached hydrogens (tertiary/aromatic N) is 4. The number of aromatic nitrogens is 3. The Kier molecular flexibility index (Phi) is 3.61. The number of piperidine rings is 1. The smallest absolute Gasteiger partial charge is 0.154 e. The molecule has 0 bridgehead atoms. The van der Waals surface area contributed by atoms with E-state index in [4.69, 9.17) is 10.8 Å². The van der Waals surface area contributed by atoms with Crippen molar-refractivity contribution in [1.82, 2.24) is 14.6 Å². The van der Waals surface area contributed by atoms with Gasteiger partial charge in [0.2, 0.25) is 0 Å². The molecular weight excluding hydrogens is 262 g/mol. The Hall–Kier alpha value is -1.62. The third-order valence-corrected chi connectivity index (χ3v) is 4.31. The van der Waals surface area contributed by atoms with Crippen LogP contribution in [0.15, 0.2) is 18.5 Å². The first kappa shape index (κ1) is 14.3. The van der Waals surface area contributed by atoms with Gasteiger partial charge in [0.1, 0.15) is 5.52 Å². The second kappa shape index (κ2) is 5.30. The number of fused-ring (bicyclic) bond motifs is 1. The first-order valence-electron chi connectivity index (χ1n) is 7.82. The van der Waals surface area contributed by atoms with Crippen LogP contribution in [0.2, 0.25) is 0 Å². The van der Waals surface area contributed by atoms with Crippen LogP contribution >= 0.6 is 0 Å². The van der Waals surface area contributed by atoms with Crippen LogP contribution in [-0.2, 0) is 5.41 Å². The topological polar surface area (TPSA) is 59.5 Å². The van der Waals surface area contributed by atoms with E-state index in [9.17, 15) is 0 Å². The van der Waals surface area contributed by atoms with E-state index in [1.807, 2.05) is 16.9 Å². The second-order valence-electron chi connectivity index (χ2n) is 6.94. The number of anilines is 1. The van der Waals surface area contributed by atoms with Gasteiger partial charge in [0.25, 0.3) is 0 Å². The first-order chi connectivity index (χ1) is 10.0. The highest BCUT2D eigenvalue weighted by atomic mass is 15.3. The highest BCUT2D eigenvalue weighted by Crippen LogP contribution is 2.29. The Balaban J connectivity index is 2.07. The van der Waals surface area contributed by atoms with Crippen LogP contribution in [0.5, 0.6) is 0 Å². The monoisotopic (exact) mass is 287 g/mol. The van der Waals surface area contributed by atoms with Crippen LogP contribution in [0, 0.1) is 0 Å². The van der Waals surface area contributed by atoms with Crippen LogP contribution in [0.1, 0.15) is 45.7 Å². The molecule has 5 nitrogen and oxygen atoms in total. The number of rotatable bonds is 2. The molecule has 2 aromatic heterocycles. The maximum Gasteiger partial charge on any atom is 0.154 e. The zero-order valence-corrected chi connectivity index (χ0v) is 13.2. The van der Waals surface area contributed by atoms with Gasteiger partial charge in [0.05, 0.1) is 5.69 Å². The maximum atomic E-state index is 5.96. The molecule has 0 radical (unpaired) electrons. The average Bonchev–Trinajstić information content (AvgIpc) is 2.91. The van der Waals surface area contributed by atoms with Crippen molar-refractivity contribution in [3.8, 4) is 0 Å². The van der Waals surface area contributed by atoms with Gasteiger partial charge in [-0.3, -0.25) is 0 Å². The van der Waals surface area contributed by atoms with E-state index in [0.717, 1.165) is 30.0 Å². The summed E-state index contributed by atoms with van der Waals surface area (Å²) in [7, 11) is 0. The molecule has 1 unspecified atom stereocenters. The number of nitrogens with two attached hydrogens (primary N) is 1. The fourth-order valence-electron chi connectivity index (χ4n) is 3.02. The van der Waals surface area contributed by atoms with E-state index in [0.29, 0.717) is 12.6 Å². The Morgan fingerprint density at radius 1 is 1.33 bits per heavy atom. The molecule has 3 heterocycles. The third-order valence-electron chi connectivity index (χ3n) is 4.31. The molecule has 2 N–H and O–H groups in total. The molecule has 0 aliphatic carbocycles. The highest BCUT2D eigenvalue weighted by molar-refractivity contribution is 5.70. The lowest BCUT2D eigenvalue weighted by Gasteiger charge is -2.36. The molecule has 1 fully saturated rings. The van der Waals surface area contributed by atoms with Crippen molar-refractivity contribution >= 4 is 11.3 Å². The summed E-state index contributed by atoms with van der Waals surface area (Å²) in [4.78, 5) is 7.00. The van der Waals surface area contributed by atoms with E-state index in [1.54, 1.807) is 0 Å². The fraction of sp³-hybridized carbons (Fsp3) is 0.625. The molecule has 1 aliphatic rings. The number of hydrogen-bond acceptors (Lipinski definition) is 4. The Bertz CT molecular complexity index is 625. The standard InChI is InChI=1S/C16H25N5/c1-16(2,3)14-10-13-15(18-7-9-21(13)19-14)20-8-5-4-6-12(20)11-17/h7,9-10,12H,4-6,8,11,17H2,1-3H3. The van der Waals surface area contributed by atoms with E-state index in [2.05, 4.69) is 36.7 Å². The van der Waals surface area contributed by atoms with E-state index in [1.165, 1.54) is 12.8 Å². The molecule has 1 saturated heterocycles. The molecule has 114 valence electrons. The van der Waals surface area contributed by atoms with Crippen LogP contribution in [0.3, 0.4) is 0 Å². The van der Waals surface area contributed by atoms with Crippen molar-refractivity contribution in [2.75, 3.05) is 18.0 Å². The lowest BCUT2D eigenvalue weighted by molar-refractivity contribution is 0.462. The van der Waals surface area contributed by atoms with Gasteiger partial charge >= 0.3 is 0 Å². The van der Waals surface area contributed by atoms with Gasteiger partial charge in [-0.05, 0) is 25.3 Å². The molecule has 1 aliphatic heterocycles. The van der Waals surface area contributed by atoms with Crippen molar-refractivity contribution in [2.24, 2.45) is 5.73 Å². The van der Waals surface area contributed by atoms with Crippen molar-refractivity contribution < 1.29 is 0 Å². The molecule has 0 amide bonds. The fourth-order valence-corrected chi connectivity index (χ4v) is 3.02. The second-order valence-corrected chi connectivity index (χ2v) is 6.94. The summed E-state index contributed by atoms with van der Waals surface area (Å²) in [5, 5.41) is 4.71. The van der Waals surface area contributed by atoms with Crippen LogP contribution in [-0.4, -0.2) is 33.7 Å². The summed E-state index contributed by atoms with van der Waals surface area (Å²) < 4.78 is 1.95. The van der Waals surface area contributed by atoms with Gasteiger partial charge < -0.3 is 10.6 Å². The molecule has 21 heavy (non-hydrogen) atoms. The van der Waals surface area contributed by atoms with Gasteiger partial charge in [-0.1, -0.05) is 20.8 Å². The first-order valence-corrected chi connectivity index (χ1v) is 7.82. The zero-order chi connectivity index (χ0) is 15.0. The van der Waals surface area contributed by atoms with Gasteiger partial charge in [0.15, 0.2) is 5.82 Å². The summed E-state index contributed by atoms with van der Waals surface area (Å²) in [6.45, 7) is 8.27. The summed E-state index contributed by atoms with van der Waals surface area (Å²) >= 11 is 0. The largest absolute Gasteiger partial charge is 0.351 e. The van der Waals surface area contributed by atoms with E-state index < -0.39 is 0 Å². The predicted molar refractivity (Wildman–Crippen MR) is 85.7 cm³/mol. The molecular formula is C16H25N5. The van der Waals surface area contributed by atoms with Gasteiger partial charge in [-0.15, -0.1) is 0 Å². The van der Waals surface area contributed by atoms with Crippen molar-refractivity contribution in [2.45, 2.75) is 51.5 Å². The van der Waals surface area contributed by atoms with Crippen molar-refractivity contribution in [3.05, 3.63) is 24.2 Å².